The van der Waals surface area contributed by atoms with Gasteiger partial charge in [0.05, 0.1) is 19.4 Å². The molecule has 0 radical (unpaired) electrons. The Balaban J connectivity index is 2.14. The molecule has 0 atom stereocenters. The Morgan fingerprint density at radius 2 is 2.08 bits per heavy atom. The molecule has 0 aliphatic heterocycles. The smallest absolute Gasteiger partial charge is 0.341 e. The lowest BCUT2D eigenvalue weighted by molar-refractivity contribution is 0.0527. The normalized spacial score (nSPS) is 10.5. The zero-order valence-electron chi connectivity index (χ0n) is 14.4. The fourth-order valence-electron chi connectivity index (χ4n) is 2.52. The summed E-state index contributed by atoms with van der Waals surface area (Å²) in [6.07, 6.45) is 1.50. The van der Waals surface area contributed by atoms with E-state index in [9.17, 15) is 4.79 Å². The first-order chi connectivity index (χ1) is 12.1. The summed E-state index contributed by atoms with van der Waals surface area (Å²) in [6, 6.07) is 11.3. The highest BCUT2D eigenvalue weighted by molar-refractivity contribution is 6.05. The molecule has 0 spiro atoms. The summed E-state index contributed by atoms with van der Waals surface area (Å²) in [7, 11) is 1.61. The number of pyridine rings is 2. The number of nitrogens with zero attached hydrogens (tertiary/aromatic N) is 2. The van der Waals surface area contributed by atoms with Crippen LogP contribution < -0.4 is 10.1 Å². The number of rotatable bonds is 5. The van der Waals surface area contributed by atoms with Crippen molar-refractivity contribution in [2.24, 2.45) is 0 Å². The molecule has 6 heteroatoms. The molecule has 0 aliphatic rings. The van der Waals surface area contributed by atoms with Crippen molar-refractivity contribution in [3.05, 3.63) is 53.9 Å². The van der Waals surface area contributed by atoms with Crippen LogP contribution in [0.2, 0.25) is 0 Å². The summed E-state index contributed by atoms with van der Waals surface area (Å²) >= 11 is 0. The molecule has 25 heavy (non-hydrogen) atoms. The molecule has 0 saturated carbocycles. The third kappa shape index (κ3) is 3.52. The number of anilines is 2. The lowest BCUT2D eigenvalue weighted by atomic mass is 10.1. The van der Waals surface area contributed by atoms with Gasteiger partial charge in [-0.3, -0.25) is 0 Å². The number of nitrogens with one attached hydrogen (secondary N) is 1. The number of hydrogen-bond acceptors (Lipinski definition) is 6. The highest BCUT2D eigenvalue weighted by Crippen LogP contribution is 2.30. The zero-order valence-corrected chi connectivity index (χ0v) is 14.4. The van der Waals surface area contributed by atoms with E-state index in [-0.39, 0.29) is 0 Å². The molecule has 1 N–H and O–H groups in total. The predicted octanol–water partition coefficient (Wildman–Crippen LogP) is 3.87. The number of fused-ring (bicyclic) bond motifs is 1. The van der Waals surface area contributed by atoms with E-state index in [0.717, 1.165) is 22.5 Å². The molecule has 3 aromatic rings. The Kier molecular flexibility index (Phi) is 4.79. The maximum absolute atomic E-state index is 12.3. The van der Waals surface area contributed by atoms with Gasteiger partial charge in [0.2, 0.25) is 0 Å². The number of aryl methyl sites for hydroxylation is 1. The maximum atomic E-state index is 12.3. The molecule has 2 aromatic heterocycles. The molecular weight excluding hydrogens is 318 g/mol. The van der Waals surface area contributed by atoms with Crippen LogP contribution >= 0.6 is 0 Å². The first-order valence-electron chi connectivity index (χ1n) is 7.97. The number of benzene rings is 1. The number of ether oxygens (including phenoxy) is 2. The van der Waals surface area contributed by atoms with Crippen molar-refractivity contribution in [1.29, 1.82) is 0 Å². The van der Waals surface area contributed by atoms with Crippen LogP contribution in [0, 0.1) is 6.92 Å². The monoisotopic (exact) mass is 337 g/mol. The van der Waals surface area contributed by atoms with E-state index in [1.54, 1.807) is 14.0 Å². The minimum Gasteiger partial charge on any atom is -0.497 e. The number of carbonyl (C=O) groups is 1. The molecule has 6 nitrogen and oxygen atoms in total. The highest BCUT2D eigenvalue weighted by atomic mass is 16.5. The Bertz CT molecular complexity index is 925. The summed E-state index contributed by atoms with van der Waals surface area (Å²) in [5, 5.41) is 4.04. The van der Waals surface area contributed by atoms with Crippen LogP contribution in [-0.4, -0.2) is 29.7 Å². The quantitative estimate of drug-likeness (QED) is 0.713. The van der Waals surface area contributed by atoms with Crippen LogP contribution in [-0.2, 0) is 4.74 Å². The van der Waals surface area contributed by atoms with Crippen LogP contribution in [0.4, 0.5) is 11.4 Å². The van der Waals surface area contributed by atoms with Crippen molar-refractivity contribution in [3.8, 4) is 5.75 Å². The number of aromatic nitrogens is 2. The van der Waals surface area contributed by atoms with Gasteiger partial charge in [0.1, 0.15) is 11.3 Å². The Hall–Kier alpha value is -3.15. The van der Waals surface area contributed by atoms with E-state index in [1.807, 2.05) is 43.3 Å². The van der Waals surface area contributed by atoms with Gasteiger partial charge in [-0.25, -0.2) is 14.8 Å². The molecule has 3 rings (SSSR count). The van der Waals surface area contributed by atoms with Crippen molar-refractivity contribution in [1.82, 2.24) is 9.97 Å². The second-order valence-electron chi connectivity index (χ2n) is 5.45. The first-order valence-corrected chi connectivity index (χ1v) is 7.97. The van der Waals surface area contributed by atoms with Crippen molar-refractivity contribution < 1.29 is 14.3 Å². The van der Waals surface area contributed by atoms with Crippen LogP contribution in [0.5, 0.6) is 5.75 Å². The van der Waals surface area contributed by atoms with Crippen molar-refractivity contribution in [2.45, 2.75) is 13.8 Å². The van der Waals surface area contributed by atoms with Crippen LogP contribution in [0.3, 0.4) is 0 Å². The van der Waals surface area contributed by atoms with Crippen molar-refractivity contribution >= 4 is 28.4 Å². The highest BCUT2D eigenvalue weighted by Gasteiger charge is 2.17. The summed E-state index contributed by atoms with van der Waals surface area (Å²) < 4.78 is 10.4. The summed E-state index contributed by atoms with van der Waals surface area (Å²) in [5.41, 5.74) is 3.19. The first kappa shape index (κ1) is 16.7. The number of esters is 1. The van der Waals surface area contributed by atoms with Crippen LogP contribution in [0.1, 0.15) is 23.0 Å². The molecule has 0 amide bonds. The number of hydrogen-bond donors (Lipinski definition) is 1. The third-order valence-corrected chi connectivity index (χ3v) is 3.70. The van der Waals surface area contributed by atoms with E-state index in [1.165, 1.54) is 6.20 Å². The van der Waals surface area contributed by atoms with E-state index < -0.39 is 5.97 Å². The average Bonchev–Trinajstić information content (AvgIpc) is 2.62. The largest absolute Gasteiger partial charge is 0.497 e. The molecule has 0 unspecified atom stereocenters. The summed E-state index contributed by atoms with van der Waals surface area (Å²) in [4.78, 5) is 21.1. The van der Waals surface area contributed by atoms with Gasteiger partial charge in [0.25, 0.3) is 0 Å². The number of carbonyl (C=O) groups excluding carboxylic acids is 1. The average molecular weight is 337 g/mol. The molecule has 0 fully saturated rings. The minimum atomic E-state index is -0.428. The Morgan fingerprint density at radius 1 is 1.24 bits per heavy atom. The SMILES string of the molecule is CCOC(=O)c1cnc2nc(C)ccc2c1Nc1cccc(OC)c1. The van der Waals surface area contributed by atoms with Gasteiger partial charge in [0.15, 0.2) is 5.65 Å². The third-order valence-electron chi connectivity index (χ3n) is 3.70. The fourth-order valence-corrected chi connectivity index (χ4v) is 2.52. The lowest BCUT2D eigenvalue weighted by Gasteiger charge is -2.14. The van der Waals surface area contributed by atoms with Crippen molar-refractivity contribution in [3.63, 3.8) is 0 Å². The Labute approximate surface area is 145 Å². The molecule has 1 aromatic carbocycles. The summed E-state index contributed by atoms with van der Waals surface area (Å²) in [5.74, 6) is 0.290. The van der Waals surface area contributed by atoms with Crippen molar-refractivity contribution in [2.75, 3.05) is 19.0 Å². The molecule has 128 valence electrons. The molecule has 0 aliphatic carbocycles. The molecule has 2 heterocycles. The van der Waals surface area contributed by atoms with Gasteiger partial charge in [0, 0.05) is 29.0 Å². The molecule has 0 saturated heterocycles. The number of methoxy groups -OCH3 is 1. The van der Waals surface area contributed by atoms with Crippen LogP contribution in [0.25, 0.3) is 11.0 Å². The molecular formula is C19H19N3O3. The Morgan fingerprint density at radius 3 is 2.84 bits per heavy atom. The minimum absolute atomic E-state index is 0.293. The van der Waals surface area contributed by atoms with Gasteiger partial charge in [-0.05, 0) is 38.1 Å². The topological polar surface area (TPSA) is 73.3 Å². The lowest BCUT2D eigenvalue weighted by Crippen LogP contribution is -2.09. The standard InChI is InChI=1S/C19H19N3O3/c1-4-25-19(23)16-11-20-18-15(9-8-12(2)21-18)17(16)22-13-6-5-7-14(10-13)24-3/h5-11H,4H2,1-3H3,(H,20,21,22). The van der Waals surface area contributed by atoms with E-state index in [2.05, 4.69) is 15.3 Å². The van der Waals surface area contributed by atoms with Gasteiger partial charge in [-0.2, -0.15) is 0 Å². The van der Waals surface area contributed by atoms with Gasteiger partial charge in [-0.15, -0.1) is 0 Å². The maximum Gasteiger partial charge on any atom is 0.341 e. The second-order valence-corrected chi connectivity index (χ2v) is 5.45. The van der Waals surface area contributed by atoms with Gasteiger partial charge >= 0.3 is 5.97 Å². The van der Waals surface area contributed by atoms with E-state index >= 15 is 0 Å². The second kappa shape index (κ2) is 7.17. The summed E-state index contributed by atoms with van der Waals surface area (Å²) in [6.45, 7) is 3.96. The van der Waals surface area contributed by atoms with Gasteiger partial charge in [-0.1, -0.05) is 6.07 Å². The van der Waals surface area contributed by atoms with E-state index in [0.29, 0.717) is 23.5 Å². The predicted molar refractivity (Wildman–Crippen MR) is 96.5 cm³/mol. The molecule has 0 bridgehead atoms. The van der Waals surface area contributed by atoms with Gasteiger partial charge < -0.3 is 14.8 Å². The van der Waals surface area contributed by atoms with E-state index in [4.69, 9.17) is 9.47 Å². The fraction of sp³-hybridized carbons (Fsp3) is 0.211. The van der Waals surface area contributed by atoms with Crippen LogP contribution in [0.15, 0.2) is 42.6 Å². The zero-order chi connectivity index (χ0) is 17.8.